The number of carboxylic acids is 1. The number of carbonyl (C=O) groups is 2. The first-order chi connectivity index (χ1) is 11.5. The number of hydrogen-bond donors (Lipinski definition) is 2. The molecule has 1 aromatic heterocycles. The third-order valence-corrected chi connectivity index (χ3v) is 4.71. The second-order valence-electron chi connectivity index (χ2n) is 6.20. The predicted molar refractivity (Wildman–Crippen MR) is 89.2 cm³/mol. The number of fused-ring (bicyclic) bond motifs is 1. The zero-order chi connectivity index (χ0) is 17.2. The molecule has 1 heterocycles. The lowest BCUT2D eigenvalue weighted by Crippen LogP contribution is -2.42. The van der Waals surface area contributed by atoms with Gasteiger partial charge in [-0.15, -0.1) is 0 Å². The summed E-state index contributed by atoms with van der Waals surface area (Å²) in [5, 5.41) is 12.6. The lowest BCUT2D eigenvalue weighted by molar-refractivity contribution is -0.132. The minimum Gasteiger partial charge on any atom is -0.475 e. The lowest BCUT2D eigenvalue weighted by atomic mass is 9.66. The Kier molecular flexibility index (Phi) is 4.57. The fraction of sp³-hybridized carbons (Fsp3) is 0.444. The molecular weight excluding hydrogens is 310 g/mol. The molecular formula is C18H21NO5. The van der Waals surface area contributed by atoms with Gasteiger partial charge in [-0.1, -0.05) is 6.42 Å². The van der Waals surface area contributed by atoms with Crippen LogP contribution >= 0.6 is 0 Å². The molecule has 1 saturated carbocycles. The summed E-state index contributed by atoms with van der Waals surface area (Å²) in [5.41, 5.74) is 0.792. The number of benzene rings is 1. The molecule has 0 spiro atoms. The Balaban J connectivity index is 1.73. The SMILES string of the molecule is CCOCCC1(C(=O)Nc2ccc3oc(C(=O)O)cc3c2)CCC1. The van der Waals surface area contributed by atoms with Crippen LogP contribution in [0.3, 0.4) is 0 Å². The summed E-state index contributed by atoms with van der Waals surface area (Å²) in [4.78, 5) is 23.6. The van der Waals surface area contributed by atoms with Crippen LogP contribution in [0, 0.1) is 5.41 Å². The number of carbonyl (C=O) groups excluding carboxylic acids is 1. The molecule has 2 aromatic rings. The van der Waals surface area contributed by atoms with Crippen molar-refractivity contribution < 1.29 is 23.8 Å². The predicted octanol–water partition coefficient (Wildman–Crippen LogP) is 3.67. The van der Waals surface area contributed by atoms with Crippen molar-refractivity contribution in [1.29, 1.82) is 0 Å². The van der Waals surface area contributed by atoms with Gasteiger partial charge < -0.3 is 19.6 Å². The van der Waals surface area contributed by atoms with E-state index in [0.717, 1.165) is 25.7 Å². The van der Waals surface area contributed by atoms with Gasteiger partial charge in [0.1, 0.15) is 5.58 Å². The minimum atomic E-state index is -1.11. The standard InChI is InChI=1S/C18H21NO5/c1-2-23-9-8-18(6-3-7-18)17(22)19-13-4-5-14-12(10-13)11-15(24-14)16(20)21/h4-5,10-11H,2-3,6-9H2,1H3,(H,19,22)(H,20,21). The first kappa shape index (κ1) is 16.5. The van der Waals surface area contributed by atoms with Crippen molar-refractivity contribution in [2.24, 2.45) is 5.41 Å². The molecule has 0 aliphatic heterocycles. The van der Waals surface area contributed by atoms with E-state index < -0.39 is 5.97 Å². The maximum Gasteiger partial charge on any atom is 0.371 e. The molecule has 1 aliphatic rings. The van der Waals surface area contributed by atoms with Crippen molar-refractivity contribution >= 4 is 28.5 Å². The monoisotopic (exact) mass is 331 g/mol. The number of hydrogen-bond acceptors (Lipinski definition) is 4. The zero-order valence-corrected chi connectivity index (χ0v) is 13.6. The van der Waals surface area contributed by atoms with Gasteiger partial charge in [-0.3, -0.25) is 4.79 Å². The van der Waals surface area contributed by atoms with E-state index in [1.54, 1.807) is 18.2 Å². The number of aromatic carboxylic acids is 1. The number of ether oxygens (including phenoxy) is 1. The number of nitrogens with one attached hydrogen (secondary N) is 1. The Morgan fingerprint density at radius 1 is 1.33 bits per heavy atom. The van der Waals surface area contributed by atoms with E-state index >= 15 is 0 Å². The van der Waals surface area contributed by atoms with Crippen molar-refractivity contribution in [3.8, 4) is 0 Å². The van der Waals surface area contributed by atoms with Crippen LogP contribution in [0.25, 0.3) is 11.0 Å². The second-order valence-corrected chi connectivity index (χ2v) is 6.20. The highest BCUT2D eigenvalue weighted by atomic mass is 16.5. The highest BCUT2D eigenvalue weighted by Gasteiger charge is 2.43. The molecule has 128 valence electrons. The Morgan fingerprint density at radius 2 is 2.12 bits per heavy atom. The summed E-state index contributed by atoms with van der Waals surface area (Å²) in [6.45, 7) is 3.19. The van der Waals surface area contributed by atoms with Gasteiger partial charge in [-0.25, -0.2) is 4.79 Å². The van der Waals surface area contributed by atoms with Crippen molar-refractivity contribution in [2.75, 3.05) is 18.5 Å². The fourth-order valence-corrected chi connectivity index (χ4v) is 3.10. The van der Waals surface area contributed by atoms with Crippen molar-refractivity contribution in [3.63, 3.8) is 0 Å². The lowest BCUT2D eigenvalue weighted by Gasteiger charge is -2.40. The second kappa shape index (κ2) is 6.65. The topological polar surface area (TPSA) is 88.8 Å². The van der Waals surface area contributed by atoms with Crippen LogP contribution in [0.5, 0.6) is 0 Å². The van der Waals surface area contributed by atoms with Crippen LogP contribution in [-0.2, 0) is 9.53 Å². The Labute approximate surface area is 139 Å². The van der Waals surface area contributed by atoms with Gasteiger partial charge in [0.05, 0.1) is 5.41 Å². The van der Waals surface area contributed by atoms with Crippen molar-refractivity contribution in [3.05, 3.63) is 30.0 Å². The summed E-state index contributed by atoms with van der Waals surface area (Å²) in [6.07, 6.45) is 3.54. The molecule has 0 bridgehead atoms. The normalized spacial score (nSPS) is 15.9. The molecule has 0 saturated heterocycles. The molecule has 1 aromatic carbocycles. The average Bonchev–Trinajstić information content (AvgIpc) is 2.93. The van der Waals surface area contributed by atoms with E-state index in [1.165, 1.54) is 6.07 Å². The molecule has 1 fully saturated rings. The fourth-order valence-electron chi connectivity index (χ4n) is 3.10. The quantitative estimate of drug-likeness (QED) is 0.756. The van der Waals surface area contributed by atoms with Gasteiger partial charge in [0.15, 0.2) is 0 Å². The molecule has 1 aliphatic carbocycles. The van der Waals surface area contributed by atoms with Crippen LogP contribution in [0.2, 0.25) is 0 Å². The molecule has 6 nitrogen and oxygen atoms in total. The van der Waals surface area contributed by atoms with E-state index in [0.29, 0.717) is 29.9 Å². The summed E-state index contributed by atoms with van der Waals surface area (Å²) in [6, 6.07) is 6.59. The van der Waals surface area contributed by atoms with E-state index in [1.807, 2.05) is 6.92 Å². The van der Waals surface area contributed by atoms with Gasteiger partial charge in [-0.2, -0.15) is 0 Å². The molecule has 1 amide bonds. The highest BCUT2D eigenvalue weighted by Crippen LogP contribution is 2.45. The van der Waals surface area contributed by atoms with Crippen molar-refractivity contribution in [1.82, 2.24) is 0 Å². The highest BCUT2D eigenvalue weighted by molar-refractivity contribution is 5.98. The van der Waals surface area contributed by atoms with Crippen LogP contribution in [0.1, 0.15) is 43.2 Å². The van der Waals surface area contributed by atoms with E-state index in [9.17, 15) is 9.59 Å². The van der Waals surface area contributed by atoms with E-state index in [-0.39, 0.29) is 17.1 Å². The molecule has 3 rings (SSSR count). The third kappa shape index (κ3) is 3.14. The molecule has 0 atom stereocenters. The van der Waals surface area contributed by atoms with E-state index in [4.69, 9.17) is 14.3 Å². The molecule has 6 heteroatoms. The molecule has 24 heavy (non-hydrogen) atoms. The third-order valence-electron chi connectivity index (χ3n) is 4.71. The van der Waals surface area contributed by atoms with E-state index in [2.05, 4.69) is 5.32 Å². The summed E-state index contributed by atoms with van der Waals surface area (Å²) < 4.78 is 10.6. The number of carboxylic acid groups (broad SMARTS) is 1. The molecule has 2 N–H and O–H groups in total. The number of rotatable bonds is 7. The van der Waals surface area contributed by atoms with Gasteiger partial charge in [-0.05, 0) is 50.5 Å². The van der Waals surface area contributed by atoms with Gasteiger partial charge in [0.2, 0.25) is 11.7 Å². The maximum absolute atomic E-state index is 12.7. The molecule has 0 unspecified atom stereocenters. The Bertz CT molecular complexity index is 760. The van der Waals surface area contributed by atoms with Crippen LogP contribution in [0.4, 0.5) is 5.69 Å². The Hall–Kier alpha value is -2.34. The van der Waals surface area contributed by atoms with Crippen molar-refractivity contribution in [2.45, 2.75) is 32.6 Å². The first-order valence-electron chi connectivity index (χ1n) is 8.20. The first-order valence-corrected chi connectivity index (χ1v) is 8.20. The number of anilines is 1. The largest absolute Gasteiger partial charge is 0.475 e. The van der Waals surface area contributed by atoms with Gasteiger partial charge in [0, 0.05) is 24.3 Å². The maximum atomic E-state index is 12.7. The van der Waals surface area contributed by atoms with Gasteiger partial charge >= 0.3 is 5.97 Å². The average molecular weight is 331 g/mol. The summed E-state index contributed by atoms with van der Waals surface area (Å²) in [7, 11) is 0. The zero-order valence-electron chi connectivity index (χ0n) is 13.6. The van der Waals surface area contributed by atoms with Crippen LogP contribution < -0.4 is 5.32 Å². The summed E-state index contributed by atoms with van der Waals surface area (Å²) in [5.74, 6) is -1.21. The Morgan fingerprint density at radius 3 is 2.75 bits per heavy atom. The minimum absolute atomic E-state index is 0.00903. The molecule has 0 radical (unpaired) electrons. The van der Waals surface area contributed by atoms with Crippen LogP contribution in [0.15, 0.2) is 28.7 Å². The smallest absolute Gasteiger partial charge is 0.371 e. The number of furan rings is 1. The number of amides is 1. The van der Waals surface area contributed by atoms with Gasteiger partial charge in [0.25, 0.3) is 0 Å². The summed E-state index contributed by atoms with van der Waals surface area (Å²) >= 11 is 0. The van der Waals surface area contributed by atoms with Crippen LogP contribution in [-0.4, -0.2) is 30.2 Å².